The Morgan fingerprint density at radius 3 is 2.47 bits per heavy atom. The number of H-pyrrole nitrogens is 1. The zero-order chi connectivity index (χ0) is 22.1. The van der Waals surface area contributed by atoms with Gasteiger partial charge in [-0.15, -0.1) is 0 Å². The third-order valence-corrected chi connectivity index (χ3v) is 6.05. The van der Waals surface area contributed by atoms with E-state index < -0.39 is 5.91 Å². The highest BCUT2D eigenvalue weighted by atomic mass is 16.2. The zero-order valence-corrected chi connectivity index (χ0v) is 17.5. The van der Waals surface area contributed by atoms with Crippen LogP contribution in [0.15, 0.2) is 66.9 Å². The van der Waals surface area contributed by atoms with E-state index in [-0.39, 0.29) is 11.8 Å². The van der Waals surface area contributed by atoms with Crippen molar-refractivity contribution < 1.29 is 9.59 Å². The van der Waals surface area contributed by atoms with E-state index in [9.17, 15) is 9.59 Å². The quantitative estimate of drug-likeness (QED) is 0.519. The molecule has 4 aromatic rings. The minimum absolute atomic E-state index is 0.00463. The third-order valence-electron chi connectivity index (χ3n) is 6.05. The van der Waals surface area contributed by atoms with E-state index in [1.807, 2.05) is 65.6 Å². The molecule has 0 saturated carbocycles. The van der Waals surface area contributed by atoms with E-state index in [1.54, 1.807) is 6.20 Å². The number of amides is 2. The van der Waals surface area contributed by atoms with Crippen LogP contribution in [0, 0.1) is 0 Å². The van der Waals surface area contributed by atoms with Gasteiger partial charge in [0, 0.05) is 36.2 Å². The van der Waals surface area contributed by atoms with Crippen molar-refractivity contribution >= 4 is 22.7 Å². The van der Waals surface area contributed by atoms with Crippen LogP contribution in [0.1, 0.15) is 45.4 Å². The molecule has 3 heterocycles. The number of hydrogen-bond donors (Lipinski definition) is 2. The van der Waals surface area contributed by atoms with E-state index in [1.165, 1.54) is 0 Å². The lowest BCUT2D eigenvalue weighted by atomic mass is 9.95. The summed E-state index contributed by atoms with van der Waals surface area (Å²) in [7, 11) is 0. The normalized spacial score (nSPS) is 14.6. The number of fused-ring (bicyclic) bond motifs is 1. The predicted molar refractivity (Wildman–Crippen MR) is 122 cm³/mol. The second kappa shape index (κ2) is 8.26. The monoisotopic (exact) mass is 425 g/mol. The molecule has 160 valence electrons. The number of aromatic amines is 1. The van der Waals surface area contributed by atoms with Crippen molar-refractivity contribution in [2.45, 2.75) is 18.8 Å². The molecular formula is C25H23N5O2. The van der Waals surface area contributed by atoms with Gasteiger partial charge in [-0.25, -0.2) is 4.98 Å². The number of pyridine rings is 1. The van der Waals surface area contributed by atoms with Crippen LogP contribution in [-0.4, -0.2) is 44.8 Å². The van der Waals surface area contributed by atoms with Crippen LogP contribution in [-0.2, 0) is 0 Å². The average molecular weight is 425 g/mol. The standard InChI is InChI=1S/C25H23N5O2/c26-23(31)22-21(17-6-2-1-3-7-17)28-24(29-22)18-11-14-30(15-12-18)25(32)19-10-4-8-16-9-5-13-27-20(16)19/h1-10,13,18H,11-12,14-15H2,(H2,26,31)(H,28,29). The Bertz CT molecular complexity index is 1280. The Labute approximate surface area is 185 Å². The van der Waals surface area contributed by atoms with Crippen molar-refractivity contribution in [2.75, 3.05) is 13.1 Å². The first-order chi connectivity index (χ1) is 15.6. The van der Waals surface area contributed by atoms with Crippen molar-refractivity contribution in [1.82, 2.24) is 19.9 Å². The van der Waals surface area contributed by atoms with Crippen LogP contribution in [0.5, 0.6) is 0 Å². The van der Waals surface area contributed by atoms with E-state index in [0.717, 1.165) is 35.1 Å². The number of aromatic nitrogens is 3. The van der Waals surface area contributed by atoms with Crippen LogP contribution in [0.3, 0.4) is 0 Å². The number of likely N-dealkylation sites (tertiary alicyclic amines) is 1. The first-order valence-corrected chi connectivity index (χ1v) is 10.7. The molecule has 1 aliphatic rings. The van der Waals surface area contributed by atoms with Crippen LogP contribution in [0.25, 0.3) is 22.2 Å². The number of rotatable bonds is 4. The fourth-order valence-corrected chi connectivity index (χ4v) is 4.37. The number of para-hydroxylation sites is 1. The van der Waals surface area contributed by atoms with Gasteiger partial charge in [0.1, 0.15) is 17.2 Å². The van der Waals surface area contributed by atoms with Gasteiger partial charge in [0.05, 0.1) is 11.1 Å². The first kappa shape index (κ1) is 19.9. The number of benzene rings is 2. The minimum Gasteiger partial charge on any atom is -0.364 e. The number of hydrogen-bond acceptors (Lipinski definition) is 4. The first-order valence-electron chi connectivity index (χ1n) is 10.7. The predicted octanol–water partition coefficient (Wildman–Crippen LogP) is 3.74. The molecule has 0 radical (unpaired) electrons. The van der Waals surface area contributed by atoms with E-state index in [2.05, 4.69) is 9.97 Å². The molecular weight excluding hydrogens is 402 g/mol. The number of primary amides is 1. The highest BCUT2D eigenvalue weighted by Crippen LogP contribution is 2.31. The van der Waals surface area contributed by atoms with Crippen molar-refractivity contribution in [2.24, 2.45) is 5.73 Å². The number of carbonyl (C=O) groups excluding carboxylic acids is 2. The summed E-state index contributed by atoms with van der Waals surface area (Å²) >= 11 is 0. The van der Waals surface area contributed by atoms with Gasteiger partial charge in [0.25, 0.3) is 11.8 Å². The van der Waals surface area contributed by atoms with E-state index in [4.69, 9.17) is 10.7 Å². The van der Waals surface area contributed by atoms with Gasteiger partial charge in [-0.3, -0.25) is 14.6 Å². The van der Waals surface area contributed by atoms with Crippen molar-refractivity contribution in [3.63, 3.8) is 0 Å². The Balaban J connectivity index is 1.35. The molecule has 0 aliphatic carbocycles. The topological polar surface area (TPSA) is 105 Å². The van der Waals surface area contributed by atoms with Crippen LogP contribution in [0.4, 0.5) is 0 Å². The van der Waals surface area contributed by atoms with Gasteiger partial charge in [-0.2, -0.15) is 0 Å². The molecule has 2 aromatic carbocycles. The zero-order valence-electron chi connectivity index (χ0n) is 17.5. The Kier molecular flexibility index (Phi) is 5.15. The van der Waals surface area contributed by atoms with Gasteiger partial charge in [0.2, 0.25) is 0 Å². The molecule has 7 heteroatoms. The molecule has 1 fully saturated rings. The maximum absolute atomic E-state index is 13.2. The molecule has 1 saturated heterocycles. The maximum atomic E-state index is 13.2. The molecule has 2 amide bonds. The summed E-state index contributed by atoms with van der Waals surface area (Å²) in [5.41, 5.74) is 8.70. The summed E-state index contributed by atoms with van der Waals surface area (Å²) in [5.74, 6) is 0.338. The van der Waals surface area contributed by atoms with E-state index in [0.29, 0.717) is 30.0 Å². The summed E-state index contributed by atoms with van der Waals surface area (Å²) in [5, 5.41) is 0.955. The fourth-order valence-electron chi connectivity index (χ4n) is 4.37. The fraction of sp³-hybridized carbons (Fsp3) is 0.200. The largest absolute Gasteiger partial charge is 0.364 e. The van der Waals surface area contributed by atoms with Gasteiger partial charge < -0.3 is 15.6 Å². The Hall–Kier alpha value is -4.00. The van der Waals surface area contributed by atoms with Crippen molar-refractivity contribution in [1.29, 1.82) is 0 Å². The molecule has 3 N–H and O–H groups in total. The van der Waals surface area contributed by atoms with Crippen molar-refractivity contribution in [3.05, 3.63) is 83.9 Å². The highest BCUT2D eigenvalue weighted by molar-refractivity contribution is 6.05. The number of piperidine rings is 1. The minimum atomic E-state index is -0.529. The Morgan fingerprint density at radius 2 is 1.72 bits per heavy atom. The molecule has 5 rings (SSSR count). The second-order valence-corrected chi connectivity index (χ2v) is 8.02. The van der Waals surface area contributed by atoms with Crippen LogP contribution >= 0.6 is 0 Å². The molecule has 32 heavy (non-hydrogen) atoms. The summed E-state index contributed by atoms with van der Waals surface area (Å²) in [6.07, 6.45) is 3.22. The van der Waals surface area contributed by atoms with Crippen LogP contribution < -0.4 is 5.73 Å². The van der Waals surface area contributed by atoms with E-state index >= 15 is 0 Å². The third kappa shape index (κ3) is 3.62. The highest BCUT2D eigenvalue weighted by Gasteiger charge is 2.29. The summed E-state index contributed by atoms with van der Waals surface area (Å²) in [6.45, 7) is 1.22. The SMILES string of the molecule is NC(=O)c1[nH]c(C2CCN(C(=O)c3cccc4cccnc34)CC2)nc1-c1ccccc1. The van der Waals surface area contributed by atoms with Gasteiger partial charge in [-0.1, -0.05) is 48.5 Å². The maximum Gasteiger partial charge on any atom is 0.267 e. The lowest BCUT2D eigenvalue weighted by Gasteiger charge is -2.31. The lowest BCUT2D eigenvalue weighted by Crippen LogP contribution is -2.38. The molecule has 0 atom stereocenters. The summed E-state index contributed by atoms with van der Waals surface area (Å²) in [4.78, 5) is 39.3. The number of carbonyl (C=O) groups is 2. The molecule has 0 spiro atoms. The Morgan fingerprint density at radius 1 is 0.969 bits per heavy atom. The second-order valence-electron chi connectivity index (χ2n) is 8.02. The smallest absolute Gasteiger partial charge is 0.267 e. The number of nitrogens with zero attached hydrogens (tertiary/aromatic N) is 3. The molecule has 7 nitrogen and oxygen atoms in total. The number of nitrogens with two attached hydrogens (primary N) is 1. The number of nitrogens with one attached hydrogen (secondary N) is 1. The van der Waals surface area contributed by atoms with Gasteiger partial charge in [0.15, 0.2) is 0 Å². The van der Waals surface area contributed by atoms with Gasteiger partial charge >= 0.3 is 0 Å². The lowest BCUT2D eigenvalue weighted by molar-refractivity contribution is 0.0713. The molecule has 2 aromatic heterocycles. The molecule has 1 aliphatic heterocycles. The molecule has 0 unspecified atom stereocenters. The summed E-state index contributed by atoms with van der Waals surface area (Å²) < 4.78 is 0. The van der Waals surface area contributed by atoms with Crippen molar-refractivity contribution in [3.8, 4) is 11.3 Å². The average Bonchev–Trinajstić information content (AvgIpc) is 3.30. The molecule has 0 bridgehead atoms. The number of imidazole rings is 1. The van der Waals surface area contributed by atoms with Gasteiger partial charge in [-0.05, 0) is 25.0 Å². The van der Waals surface area contributed by atoms with Crippen LogP contribution in [0.2, 0.25) is 0 Å². The summed E-state index contributed by atoms with van der Waals surface area (Å²) in [6, 6.07) is 19.1.